The van der Waals surface area contributed by atoms with Gasteiger partial charge in [-0.2, -0.15) is 0 Å². The maximum Gasteiger partial charge on any atom is -0.00141 e. The molecule has 0 unspecified atom stereocenters. The highest BCUT2D eigenvalue weighted by Gasteiger charge is 2.21. The molecule has 12 aromatic rings. The van der Waals surface area contributed by atoms with Gasteiger partial charge in [0.1, 0.15) is 0 Å². The molecule has 0 fully saturated rings. The van der Waals surface area contributed by atoms with Gasteiger partial charge in [-0.05, 0) is 133 Å². The van der Waals surface area contributed by atoms with Crippen LogP contribution in [0.2, 0.25) is 0 Å². The van der Waals surface area contributed by atoms with Crippen LogP contribution in [0, 0.1) is 0 Å². The third kappa shape index (κ3) is 6.88. The fourth-order valence-corrected chi connectivity index (χ4v) is 10.4. The van der Waals surface area contributed by atoms with Gasteiger partial charge in [0.2, 0.25) is 0 Å². The third-order valence-corrected chi connectivity index (χ3v) is 13.2. The monoisotopic (exact) mass is 836 g/mol. The van der Waals surface area contributed by atoms with Crippen LogP contribution >= 0.6 is 0 Å². The molecular formula is C66H44. The molecule has 0 aliphatic rings. The van der Waals surface area contributed by atoms with Crippen LogP contribution in [0.3, 0.4) is 0 Å². The van der Waals surface area contributed by atoms with E-state index in [4.69, 9.17) is 0 Å². The Morgan fingerprint density at radius 3 is 1.20 bits per heavy atom. The Hall–Kier alpha value is -8.58. The topological polar surface area (TPSA) is 0 Å². The lowest BCUT2D eigenvalue weighted by molar-refractivity contribution is 1.60. The highest BCUT2D eigenvalue weighted by atomic mass is 14.2. The normalized spacial score (nSPS) is 11.6. The van der Waals surface area contributed by atoms with Gasteiger partial charge in [0.05, 0.1) is 0 Å². The first-order valence-corrected chi connectivity index (χ1v) is 22.8. The van der Waals surface area contributed by atoms with Crippen molar-refractivity contribution in [2.45, 2.75) is 0 Å². The fourth-order valence-electron chi connectivity index (χ4n) is 10.4. The molecule has 0 spiro atoms. The Labute approximate surface area is 386 Å². The summed E-state index contributed by atoms with van der Waals surface area (Å²) in [4.78, 5) is 0. The molecule has 66 heavy (non-hydrogen) atoms. The lowest BCUT2D eigenvalue weighted by Crippen LogP contribution is -1.93. The van der Waals surface area contributed by atoms with Gasteiger partial charge in [-0.25, -0.2) is 0 Å². The molecule has 0 N–H and O–H groups in total. The summed E-state index contributed by atoms with van der Waals surface area (Å²) in [5, 5.41) is 10.0. The second-order valence-electron chi connectivity index (χ2n) is 17.1. The average molecular weight is 837 g/mol. The molecule has 0 heteroatoms. The molecule has 308 valence electrons. The van der Waals surface area contributed by atoms with Crippen LogP contribution in [0.4, 0.5) is 0 Å². The van der Waals surface area contributed by atoms with Crippen LogP contribution < -0.4 is 0 Å². The van der Waals surface area contributed by atoms with E-state index in [1.54, 1.807) is 0 Å². The van der Waals surface area contributed by atoms with E-state index in [0.29, 0.717) is 0 Å². The molecule has 0 bridgehead atoms. The Morgan fingerprint density at radius 2 is 0.606 bits per heavy atom. The lowest BCUT2D eigenvalue weighted by atomic mass is 9.83. The van der Waals surface area contributed by atoms with Crippen molar-refractivity contribution in [1.29, 1.82) is 0 Å². The van der Waals surface area contributed by atoms with Crippen molar-refractivity contribution in [2.24, 2.45) is 0 Å². The van der Waals surface area contributed by atoms with Crippen LogP contribution in [0.1, 0.15) is 11.1 Å². The van der Waals surface area contributed by atoms with Crippen molar-refractivity contribution in [2.75, 3.05) is 0 Å². The van der Waals surface area contributed by atoms with E-state index in [0.717, 1.165) is 5.56 Å². The van der Waals surface area contributed by atoms with Gasteiger partial charge < -0.3 is 0 Å². The summed E-state index contributed by atoms with van der Waals surface area (Å²) in [6, 6.07) is 93.0. The van der Waals surface area contributed by atoms with Crippen molar-refractivity contribution in [3.8, 4) is 66.8 Å². The molecule has 0 aliphatic carbocycles. The minimum absolute atomic E-state index is 1.15. The number of benzene rings is 12. The molecule has 0 aromatic heterocycles. The Kier molecular flexibility index (Phi) is 9.97. The van der Waals surface area contributed by atoms with E-state index in [9.17, 15) is 0 Å². The standard InChI is InChI=1S/C66H44/c1-5-23-47(24-6-1)62-55-33-15-16-34-56(55)64(49-27-9-3-10-28-49)61-44-52(41-42-59(61)62)53-32-14-13-22-46(53)40-39-45-21-19-31-51(43-45)54-37-20-38-60-63(48-25-7-2-8-26-48)57-35-17-18-36-58(57)65(66(54)60)50-29-11-4-12-30-50/h1-44H. The second-order valence-corrected chi connectivity index (χ2v) is 17.1. The van der Waals surface area contributed by atoms with Gasteiger partial charge in [0, 0.05) is 0 Å². The lowest BCUT2D eigenvalue weighted by Gasteiger charge is -2.20. The zero-order valence-corrected chi connectivity index (χ0v) is 36.4. The summed E-state index contributed by atoms with van der Waals surface area (Å²) < 4.78 is 0. The molecule has 0 heterocycles. The number of hydrogen-bond donors (Lipinski definition) is 0. The van der Waals surface area contributed by atoms with E-state index in [1.807, 2.05) is 0 Å². The van der Waals surface area contributed by atoms with Gasteiger partial charge in [0.25, 0.3) is 0 Å². The highest BCUT2D eigenvalue weighted by Crippen LogP contribution is 2.48. The average Bonchev–Trinajstić information content (AvgIpc) is 3.39. The molecule has 0 atom stereocenters. The first kappa shape index (κ1) is 39.0. The zero-order chi connectivity index (χ0) is 43.8. The van der Waals surface area contributed by atoms with Gasteiger partial charge in [0.15, 0.2) is 0 Å². The first-order valence-electron chi connectivity index (χ1n) is 22.8. The van der Waals surface area contributed by atoms with Crippen molar-refractivity contribution in [3.63, 3.8) is 0 Å². The summed E-state index contributed by atoms with van der Waals surface area (Å²) in [7, 11) is 0. The van der Waals surface area contributed by atoms with E-state index in [-0.39, 0.29) is 0 Å². The predicted molar refractivity (Wildman–Crippen MR) is 284 cm³/mol. The molecule has 0 nitrogen and oxygen atoms in total. The SMILES string of the molecule is C(=Cc1ccccc1-c1ccc2c(-c3ccccc3)c3ccccc3c(-c3ccccc3)c2c1)c1cccc(-c2cccc3c(-c4ccccc4)c4ccccc4c(-c4ccccc4)c23)c1. The van der Waals surface area contributed by atoms with Crippen LogP contribution in [-0.2, 0) is 0 Å². The molecule has 12 rings (SSSR count). The Balaban J connectivity index is 1.00. The molecule has 0 saturated carbocycles. The Morgan fingerprint density at radius 1 is 0.212 bits per heavy atom. The minimum atomic E-state index is 1.15. The Bertz CT molecular complexity index is 3770. The van der Waals surface area contributed by atoms with Crippen molar-refractivity contribution >= 4 is 55.2 Å². The van der Waals surface area contributed by atoms with E-state index < -0.39 is 0 Å². The molecular weight excluding hydrogens is 793 g/mol. The molecule has 12 aromatic carbocycles. The smallest absolute Gasteiger partial charge is 0.00141 e. The summed E-state index contributed by atoms with van der Waals surface area (Å²) in [6.45, 7) is 0. The first-order chi connectivity index (χ1) is 32.8. The highest BCUT2D eigenvalue weighted by molar-refractivity contribution is 6.25. The fraction of sp³-hybridized carbons (Fsp3) is 0. The molecule has 0 saturated heterocycles. The number of fused-ring (bicyclic) bond motifs is 4. The maximum absolute atomic E-state index is 2.42. The van der Waals surface area contributed by atoms with Gasteiger partial charge in [-0.15, -0.1) is 0 Å². The van der Waals surface area contributed by atoms with Gasteiger partial charge >= 0.3 is 0 Å². The summed E-state index contributed by atoms with van der Waals surface area (Å²) in [5.41, 5.74) is 17.1. The second kappa shape index (κ2) is 16.8. The molecule has 0 aliphatic heterocycles. The van der Waals surface area contributed by atoms with Crippen molar-refractivity contribution in [1.82, 2.24) is 0 Å². The largest absolute Gasteiger partial charge is 0.0622 e. The van der Waals surface area contributed by atoms with Crippen molar-refractivity contribution in [3.05, 3.63) is 266 Å². The predicted octanol–water partition coefficient (Wildman–Crippen LogP) is 18.5. The summed E-state index contributed by atoms with van der Waals surface area (Å²) in [5.74, 6) is 0. The minimum Gasteiger partial charge on any atom is -0.0622 e. The van der Waals surface area contributed by atoms with E-state index >= 15 is 0 Å². The third-order valence-electron chi connectivity index (χ3n) is 13.2. The summed E-state index contributed by atoms with van der Waals surface area (Å²) >= 11 is 0. The van der Waals surface area contributed by atoms with Crippen LogP contribution in [-0.4, -0.2) is 0 Å². The van der Waals surface area contributed by atoms with Crippen LogP contribution in [0.5, 0.6) is 0 Å². The number of rotatable bonds is 8. The van der Waals surface area contributed by atoms with Gasteiger partial charge in [-0.3, -0.25) is 0 Å². The quantitative estimate of drug-likeness (QED) is 0.106. The maximum atomic E-state index is 2.42. The zero-order valence-electron chi connectivity index (χ0n) is 36.4. The van der Waals surface area contributed by atoms with Gasteiger partial charge in [-0.1, -0.05) is 255 Å². The van der Waals surface area contributed by atoms with E-state index in [2.05, 4.69) is 267 Å². The molecule has 0 amide bonds. The van der Waals surface area contributed by atoms with E-state index in [1.165, 1.54) is 115 Å². The summed E-state index contributed by atoms with van der Waals surface area (Å²) in [6.07, 6.45) is 4.56. The molecule has 0 radical (unpaired) electrons. The van der Waals surface area contributed by atoms with Crippen molar-refractivity contribution < 1.29 is 0 Å². The number of hydrogen-bond acceptors (Lipinski definition) is 0. The van der Waals surface area contributed by atoms with Crippen LogP contribution in [0.15, 0.2) is 255 Å². The van der Waals surface area contributed by atoms with Crippen LogP contribution in [0.25, 0.3) is 122 Å².